The standard InChI is InChI=1S/C18H24N2S/c1-14(16-8-5-11-19-12-16)20(2)13-17-9-10-18(21-17)15-6-3-4-7-15/h5,8-12,14-15H,3-4,6-7,13H2,1-2H3. The maximum atomic E-state index is 4.23. The first kappa shape index (κ1) is 14.7. The fourth-order valence-electron chi connectivity index (χ4n) is 3.17. The van der Waals surface area contributed by atoms with E-state index >= 15 is 0 Å². The Balaban J connectivity index is 1.63. The summed E-state index contributed by atoms with van der Waals surface area (Å²) in [5.74, 6) is 0.838. The average Bonchev–Trinajstić information content (AvgIpc) is 3.18. The van der Waals surface area contributed by atoms with E-state index in [1.165, 1.54) is 36.1 Å². The van der Waals surface area contributed by atoms with Crippen molar-refractivity contribution in [1.82, 2.24) is 9.88 Å². The number of pyridine rings is 1. The Morgan fingerprint density at radius 1 is 1.29 bits per heavy atom. The van der Waals surface area contributed by atoms with Gasteiger partial charge in [0.15, 0.2) is 0 Å². The van der Waals surface area contributed by atoms with Gasteiger partial charge in [0.1, 0.15) is 0 Å². The quantitative estimate of drug-likeness (QED) is 0.773. The summed E-state index contributed by atoms with van der Waals surface area (Å²) in [5, 5.41) is 0. The van der Waals surface area contributed by atoms with E-state index in [2.05, 4.69) is 42.1 Å². The first-order valence-corrected chi connectivity index (χ1v) is 8.74. The number of hydrogen-bond acceptors (Lipinski definition) is 3. The Hall–Kier alpha value is -1.19. The van der Waals surface area contributed by atoms with Crippen molar-refractivity contribution < 1.29 is 0 Å². The van der Waals surface area contributed by atoms with Crippen molar-refractivity contribution >= 4 is 11.3 Å². The lowest BCUT2D eigenvalue weighted by atomic mass is 10.1. The molecule has 2 aromatic rings. The molecule has 1 saturated carbocycles. The van der Waals surface area contributed by atoms with Gasteiger partial charge in [-0.15, -0.1) is 11.3 Å². The fraction of sp³-hybridized carbons (Fsp3) is 0.500. The molecule has 0 spiro atoms. The summed E-state index contributed by atoms with van der Waals surface area (Å²) in [6.07, 6.45) is 9.42. The minimum Gasteiger partial charge on any atom is -0.295 e. The Morgan fingerprint density at radius 3 is 2.81 bits per heavy atom. The second-order valence-corrected chi connectivity index (χ2v) is 7.36. The van der Waals surface area contributed by atoms with Crippen LogP contribution in [0, 0.1) is 0 Å². The van der Waals surface area contributed by atoms with Gasteiger partial charge in [-0.1, -0.05) is 18.9 Å². The van der Waals surface area contributed by atoms with Crippen molar-refractivity contribution in [2.75, 3.05) is 7.05 Å². The van der Waals surface area contributed by atoms with Crippen LogP contribution in [0.15, 0.2) is 36.7 Å². The third-order valence-electron chi connectivity index (χ3n) is 4.67. The van der Waals surface area contributed by atoms with E-state index in [1.807, 2.05) is 29.8 Å². The summed E-state index contributed by atoms with van der Waals surface area (Å²) in [6, 6.07) is 9.26. The highest BCUT2D eigenvalue weighted by Crippen LogP contribution is 2.38. The Morgan fingerprint density at radius 2 is 2.10 bits per heavy atom. The number of hydrogen-bond donors (Lipinski definition) is 0. The summed E-state index contributed by atoms with van der Waals surface area (Å²) in [4.78, 5) is 9.71. The van der Waals surface area contributed by atoms with Crippen LogP contribution in [0.25, 0.3) is 0 Å². The van der Waals surface area contributed by atoms with E-state index < -0.39 is 0 Å². The van der Waals surface area contributed by atoms with Crippen molar-refractivity contribution in [1.29, 1.82) is 0 Å². The lowest BCUT2D eigenvalue weighted by molar-refractivity contribution is 0.255. The Labute approximate surface area is 131 Å². The zero-order chi connectivity index (χ0) is 14.7. The van der Waals surface area contributed by atoms with Crippen LogP contribution in [-0.2, 0) is 6.54 Å². The van der Waals surface area contributed by atoms with Crippen molar-refractivity contribution in [3.8, 4) is 0 Å². The highest BCUT2D eigenvalue weighted by molar-refractivity contribution is 7.12. The van der Waals surface area contributed by atoms with Crippen LogP contribution < -0.4 is 0 Å². The fourth-order valence-corrected chi connectivity index (χ4v) is 4.42. The predicted molar refractivity (Wildman–Crippen MR) is 89.6 cm³/mol. The van der Waals surface area contributed by atoms with E-state index in [9.17, 15) is 0 Å². The van der Waals surface area contributed by atoms with Crippen molar-refractivity contribution in [3.63, 3.8) is 0 Å². The van der Waals surface area contributed by atoms with Crippen molar-refractivity contribution in [2.24, 2.45) is 0 Å². The van der Waals surface area contributed by atoms with Crippen LogP contribution >= 0.6 is 11.3 Å². The van der Waals surface area contributed by atoms with Crippen LogP contribution in [0.4, 0.5) is 0 Å². The summed E-state index contributed by atoms with van der Waals surface area (Å²) in [7, 11) is 2.20. The zero-order valence-corrected chi connectivity index (χ0v) is 13.8. The maximum Gasteiger partial charge on any atom is 0.0335 e. The molecule has 1 fully saturated rings. The van der Waals surface area contributed by atoms with Gasteiger partial charge in [0.2, 0.25) is 0 Å². The van der Waals surface area contributed by atoms with Crippen molar-refractivity contribution in [2.45, 2.75) is 51.1 Å². The predicted octanol–water partition coefficient (Wildman–Crippen LogP) is 4.99. The molecule has 112 valence electrons. The molecule has 0 amide bonds. The zero-order valence-electron chi connectivity index (χ0n) is 13.0. The van der Waals surface area contributed by atoms with E-state index in [-0.39, 0.29) is 0 Å². The second-order valence-electron chi connectivity index (χ2n) is 6.16. The molecule has 1 aliphatic carbocycles. The van der Waals surface area contributed by atoms with Crippen LogP contribution in [-0.4, -0.2) is 16.9 Å². The normalized spacial score (nSPS) is 17.5. The molecule has 3 heteroatoms. The first-order valence-electron chi connectivity index (χ1n) is 7.93. The van der Waals surface area contributed by atoms with E-state index in [1.54, 1.807) is 4.88 Å². The molecular weight excluding hydrogens is 276 g/mol. The molecule has 0 aromatic carbocycles. The maximum absolute atomic E-state index is 4.23. The molecule has 1 aliphatic rings. The topological polar surface area (TPSA) is 16.1 Å². The van der Waals surface area contributed by atoms with Gasteiger partial charge in [0.05, 0.1) is 0 Å². The Kier molecular flexibility index (Phi) is 4.71. The molecule has 2 aromatic heterocycles. The monoisotopic (exact) mass is 300 g/mol. The van der Waals surface area contributed by atoms with Gasteiger partial charge in [0.25, 0.3) is 0 Å². The SMILES string of the molecule is CC(c1cccnc1)N(C)Cc1ccc(C2CCCC2)s1. The third kappa shape index (κ3) is 3.53. The molecule has 0 aliphatic heterocycles. The average molecular weight is 300 g/mol. The molecule has 2 heterocycles. The van der Waals surface area contributed by atoms with Gasteiger partial charge in [-0.3, -0.25) is 9.88 Å². The number of thiophene rings is 1. The van der Waals surface area contributed by atoms with Crippen molar-refractivity contribution in [3.05, 3.63) is 52.0 Å². The second kappa shape index (κ2) is 6.71. The largest absolute Gasteiger partial charge is 0.295 e. The summed E-state index contributed by atoms with van der Waals surface area (Å²) < 4.78 is 0. The smallest absolute Gasteiger partial charge is 0.0335 e. The van der Waals surface area contributed by atoms with Gasteiger partial charge in [-0.05, 0) is 56.5 Å². The Bertz CT molecular complexity index is 558. The number of nitrogens with zero attached hydrogens (tertiary/aromatic N) is 2. The van der Waals surface area contributed by atoms with Gasteiger partial charge in [-0.2, -0.15) is 0 Å². The summed E-state index contributed by atoms with van der Waals surface area (Å²) in [5.41, 5.74) is 1.28. The minimum absolute atomic E-state index is 0.399. The highest BCUT2D eigenvalue weighted by atomic mass is 32.1. The lowest BCUT2D eigenvalue weighted by Crippen LogP contribution is -2.21. The van der Waals surface area contributed by atoms with Gasteiger partial charge in [0, 0.05) is 34.7 Å². The van der Waals surface area contributed by atoms with E-state index in [0.717, 1.165) is 12.5 Å². The molecule has 1 unspecified atom stereocenters. The summed E-state index contributed by atoms with van der Waals surface area (Å²) in [6.45, 7) is 3.27. The number of aromatic nitrogens is 1. The molecule has 0 saturated heterocycles. The van der Waals surface area contributed by atoms with Crippen LogP contribution in [0.2, 0.25) is 0 Å². The molecule has 2 nitrogen and oxygen atoms in total. The van der Waals surface area contributed by atoms with E-state index in [4.69, 9.17) is 0 Å². The van der Waals surface area contributed by atoms with Crippen LogP contribution in [0.3, 0.4) is 0 Å². The molecule has 0 radical (unpaired) electrons. The third-order valence-corrected chi connectivity index (χ3v) is 5.91. The molecule has 0 N–H and O–H groups in total. The molecule has 1 atom stereocenters. The highest BCUT2D eigenvalue weighted by Gasteiger charge is 2.19. The number of rotatable bonds is 5. The minimum atomic E-state index is 0.399. The van der Waals surface area contributed by atoms with Crippen LogP contribution in [0.1, 0.15) is 59.9 Å². The first-order chi connectivity index (χ1) is 10.2. The summed E-state index contributed by atoms with van der Waals surface area (Å²) >= 11 is 2.01. The van der Waals surface area contributed by atoms with Crippen LogP contribution in [0.5, 0.6) is 0 Å². The lowest BCUT2D eigenvalue weighted by Gasteiger charge is -2.24. The molecule has 0 bridgehead atoms. The van der Waals surface area contributed by atoms with Gasteiger partial charge >= 0.3 is 0 Å². The van der Waals surface area contributed by atoms with Gasteiger partial charge < -0.3 is 0 Å². The molecule has 21 heavy (non-hydrogen) atoms. The van der Waals surface area contributed by atoms with Gasteiger partial charge in [-0.25, -0.2) is 0 Å². The van der Waals surface area contributed by atoms with E-state index in [0.29, 0.717) is 6.04 Å². The molecule has 3 rings (SSSR count). The molecular formula is C18H24N2S.